The first kappa shape index (κ1) is 16.5. The van der Waals surface area contributed by atoms with E-state index in [0.717, 1.165) is 18.4 Å². The van der Waals surface area contributed by atoms with Gasteiger partial charge in [0.25, 0.3) is 0 Å². The smallest absolute Gasteiger partial charge is 0.335 e. The summed E-state index contributed by atoms with van der Waals surface area (Å²) in [5.74, 6) is -1.16. The van der Waals surface area contributed by atoms with Gasteiger partial charge in [-0.1, -0.05) is 30.3 Å². The van der Waals surface area contributed by atoms with Crippen LogP contribution in [-0.2, 0) is 16.6 Å². The van der Waals surface area contributed by atoms with Crippen molar-refractivity contribution in [2.45, 2.75) is 30.3 Å². The number of carbonyl (C=O) groups is 1. The molecule has 0 bridgehead atoms. The SMILES string of the molecule is O=C(O)c1ccc(NCc2ccccc2)c(S(=O)(=O)NC2CC2)c1. The predicted octanol–water partition coefficient (Wildman–Crippen LogP) is 2.44. The van der Waals surface area contributed by atoms with Gasteiger partial charge >= 0.3 is 5.97 Å². The Hall–Kier alpha value is -2.38. The normalized spacial score (nSPS) is 14.3. The van der Waals surface area contributed by atoms with Gasteiger partial charge in [0.1, 0.15) is 4.90 Å². The number of hydrogen-bond acceptors (Lipinski definition) is 4. The number of carboxylic acid groups (broad SMARTS) is 1. The summed E-state index contributed by atoms with van der Waals surface area (Å²) in [5, 5.41) is 12.2. The molecule has 6 nitrogen and oxygen atoms in total. The molecule has 0 saturated heterocycles. The summed E-state index contributed by atoms with van der Waals surface area (Å²) in [4.78, 5) is 11.1. The van der Waals surface area contributed by atoms with E-state index in [1.807, 2.05) is 30.3 Å². The Kier molecular flexibility index (Phi) is 4.55. The first-order valence-electron chi connectivity index (χ1n) is 7.63. The summed E-state index contributed by atoms with van der Waals surface area (Å²) in [6.07, 6.45) is 1.62. The molecular weight excluding hydrogens is 328 g/mol. The minimum atomic E-state index is -3.76. The zero-order valence-corrected chi connectivity index (χ0v) is 13.7. The molecule has 2 aromatic carbocycles. The van der Waals surface area contributed by atoms with Gasteiger partial charge in [-0.15, -0.1) is 0 Å². The highest BCUT2D eigenvalue weighted by molar-refractivity contribution is 7.89. The maximum Gasteiger partial charge on any atom is 0.335 e. The molecule has 126 valence electrons. The van der Waals surface area contributed by atoms with Crippen LogP contribution in [0.3, 0.4) is 0 Å². The van der Waals surface area contributed by atoms with Crippen molar-refractivity contribution < 1.29 is 18.3 Å². The van der Waals surface area contributed by atoms with Crippen LogP contribution >= 0.6 is 0 Å². The van der Waals surface area contributed by atoms with E-state index < -0.39 is 16.0 Å². The Balaban J connectivity index is 1.90. The van der Waals surface area contributed by atoms with Gasteiger partial charge in [0.05, 0.1) is 11.3 Å². The van der Waals surface area contributed by atoms with E-state index in [0.29, 0.717) is 12.2 Å². The van der Waals surface area contributed by atoms with E-state index in [1.54, 1.807) is 0 Å². The first-order chi connectivity index (χ1) is 11.5. The Morgan fingerprint density at radius 3 is 2.46 bits per heavy atom. The molecule has 0 unspecified atom stereocenters. The minimum absolute atomic E-state index is 0.0368. The lowest BCUT2D eigenvalue weighted by Gasteiger charge is -2.14. The van der Waals surface area contributed by atoms with Crippen molar-refractivity contribution in [3.8, 4) is 0 Å². The van der Waals surface area contributed by atoms with Crippen LogP contribution in [0.2, 0.25) is 0 Å². The molecule has 0 amide bonds. The lowest BCUT2D eigenvalue weighted by Crippen LogP contribution is -2.27. The number of sulfonamides is 1. The molecule has 1 saturated carbocycles. The van der Waals surface area contributed by atoms with Gasteiger partial charge in [-0.3, -0.25) is 0 Å². The van der Waals surface area contributed by atoms with E-state index in [2.05, 4.69) is 10.0 Å². The average Bonchev–Trinajstić information content (AvgIpc) is 3.37. The fourth-order valence-electron chi connectivity index (χ4n) is 2.30. The van der Waals surface area contributed by atoms with Crippen molar-refractivity contribution in [2.24, 2.45) is 0 Å². The highest BCUT2D eigenvalue weighted by atomic mass is 32.2. The van der Waals surface area contributed by atoms with Crippen molar-refractivity contribution >= 4 is 21.7 Å². The van der Waals surface area contributed by atoms with E-state index in [9.17, 15) is 13.2 Å². The van der Waals surface area contributed by atoms with Crippen LogP contribution < -0.4 is 10.0 Å². The van der Waals surface area contributed by atoms with Crippen LogP contribution in [0, 0.1) is 0 Å². The lowest BCUT2D eigenvalue weighted by molar-refractivity contribution is 0.0696. The zero-order valence-electron chi connectivity index (χ0n) is 12.9. The molecule has 0 spiro atoms. The zero-order chi connectivity index (χ0) is 17.2. The number of aromatic carboxylic acids is 1. The summed E-state index contributed by atoms with van der Waals surface area (Å²) < 4.78 is 27.7. The van der Waals surface area contributed by atoms with Crippen LogP contribution in [0.5, 0.6) is 0 Å². The fraction of sp³-hybridized carbons (Fsp3) is 0.235. The fourth-order valence-corrected chi connectivity index (χ4v) is 3.81. The van der Waals surface area contributed by atoms with Crippen LogP contribution in [0.1, 0.15) is 28.8 Å². The van der Waals surface area contributed by atoms with Crippen molar-refractivity contribution in [3.63, 3.8) is 0 Å². The summed E-state index contributed by atoms with van der Waals surface area (Å²) in [5.41, 5.74) is 1.33. The molecule has 0 heterocycles. The molecule has 1 fully saturated rings. The Labute approximate surface area is 140 Å². The number of nitrogens with one attached hydrogen (secondary N) is 2. The number of benzene rings is 2. The quantitative estimate of drug-likeness (QED) is 0.716. The largest absolute Gasteiger partial charge is 0.478 e. The molecule has 7 heteroatoms. The highest BCUT2D eigenvalue weighted by Gasteiger charge is 2.30. The van der Waals surface area contributed by atoms with Gasteiger partial charge in [0, 0.05) is 12.6 Å². The van der Waals surface area contributed by atoms with Gasteiger partial charge in [0.15, 0.2) is 0 Å². The van der Waals surface area contributed by atoms with Crippen molar-refractivity contribution in [1.29, 1.82) is 0 Å². The summed E-state index contributed by atoms with van der Waals surface area (Å²) in [7, 11) is -3.76. The predicted molar refractivity (Wildman–Crippen MR) is 90.5 cm³/mol. The van der Waals surface area contributed by atoms with Crippen molar-refractivity contribution in [3.05, 3.63) is 59.7 Å². The molecule has 1 aliphatic carbocycles. The van der Waals surface area contributed by atoms with Crippen molar-refractivity contribution in [1.82, 2.24) is 4.72 Å². The van der Waals surface area contributed by atoms with Gasteiger partial charge in [0.2, 0.25) is 10.0 Å². The van der Waals surface area contributed by atoms with E-state index in [1.165, 1.54) is 18.2 Å². The van der Waals surface area contributed by atoms with E-state index in [4.69, 9.17) is 5.11 Å². The molecule has 24 heavy (non-hydrogen) atoms. The third kappa shape index (κ3) is 3.93. The van der Waals surface area contributed by atoms with Crippen LogP contribution in [-0.4, -0.2) is 25.5 Å². The molecular formula is C17H18N2O4S. The average molecular weight is 346 g/mol. The summed E-state index contributed by atoms with van der Waals surface area (Å²) >= 11 is 0. The summed E-state index contributed by atoms with van der Waals surface area (Å²) in [6, 6.07) is 13.6. The van der Waals surface area contributed by atoms with Gasteiger partial charge in [-0.05, 0) is 36.6 Å². The van der Waals surface area contributed by atoms with E-state index >= 15 is 0 Å². The first-order valence-corrected chi connectivity index (χ1v) is 9.11. The molecule has 2 aromatic rings. The minimum Gasteiger partial charge on any atom is -0.478 e. The molecule has 1 aliphatic rings. The van der Waals surface area contributed by atoms with Gasteiger partial charge < -0.3 is 10.4 Å². The van der Waals surface area contributed by atoms with Crippen LogP contribution in [0.4, 0.5) is 5.69 Å². The molecule has 0 aliphatic heterocycles. The van der Waals surface area contributed by atoms with E-state index in [-0.39, 0.29) is 16.5 Å². The number of rotatable bonds is 7. The topological polar surface area (TPSA) is 95.5 Å². The summed E-state index contributed by atoms with van der Waals surface area (Å²) in [6.45, 7) is 0.444. The van der Waals surface area contributed by atoms with Crippen LogP contribution in [0.25, 0.3) is 0 Å². The number of hydrogen-bond donors (Lipinski definition) is 3. The third-order valence-corrected chi connectivity index (χ3v) is 5.30. The van der Waals surface area contributed by atoms with Gasteiger partial charge in [-0.2, -0.15) is 0 Å². The van der Waals surface area contributed by atoms with Gasteiger partial charge in [-0.25, -0.2) is 17.9 Å². The second-order valence-corrected chi connectivity index (χ2v) is 7.43. The molecule has 0 radical (unpaired) electrons. The Morgan fingerprint density at radius 2 is 1.83 bits per heavy atom. The maximum absolute atomic E-state index is 12.5. The lowest BCUT2D eigenvalue weighted by atomic mass is 10.2. The maximum atomic E-state index is 12.5. The Bertz CT molecular complexity index is 846. The monoisotopic (exact) mass is 346 g/mol. The molecule has 3 rings (SSSR count). The number of anilines is 1. The van der Waals surface area contributed by atoms with Crippen molar-refractivity contribution in [2.75, 3.05) is 5.32 Å². The molecule has 0 atom stereocenters. The highest BCUT2D eigenvalue weighted by Crippen LogP contribution is 2.27. The number of carboxylic acids is 1. The van der Waals surface area contributed by atoms with Crippen LogP contribution in [0.15, 0.2) is 53.4 Å². The second kappa shape index (κ2) is 6.62. The third-order valence-electron chi connectivity index (χ3n) is 3.74. The molecule has 0 aromatic heterocycles. The molecule has 3 N–H and O–H groups in total. The standard InChI is InChI=1S/C17H18N2O4S/c20-17(21)13-6-9-15(18-11-12-4-2-1-3-5-12)16(10-13)24(22,23)19-14-7-8-14/h1-6,9-10,14,18-19H,7-8,11H2,(H,20,21). The Morgan fingerprint density at radius 1 is 1.12 bits per heavy atom. The second-order valence-electron chi connectivity index (χ2n) is 5.75.